The highest BCUT2D eigenvalue weighted by atomic mass is 16.3. The monoisotopic (exact) mass is 383 g/mol. The van der Waals surface area contributed by atoms with E-state index >= 15 is 0 Å². The van der Waals surface area contributed by atoms with Gasteiger partial charge in [-0.15, -0.1) is 0 Å². The molecule has 2 unspecified atom stereocenters. The van der Waals surface area contributed by atoms with Gasteiger partial charge in [0.25, 0.3) is 0 Å². The van der Waals surface area contributed by atoms with E-state index in [2.05, 4.69) is 24.4 Å². The van der Waals surface area contributed by atoms with Gasteiger partial charge >= 0.3 is 0 Å². The van der Waals surface area contributed by atoms with Crippen LogP contribution < -0.4 is 5.32 Å². The van der Waals surface area contributed by atoms with Gasteiger partial charge in [-0.1, -0.05) is 70.4 Å². The lowest BCUT2D eigenvalue weighted by molar-refractivity contribution is -0.148. The molecule has 2 atom stereocenters. The first-order valence-electron chi connectivity index (χ1n) is 11.2. The van der Waals surface area contributed by atoms with Crippen LogP contribution in [0.3, 0.4) is 0 Å². The molecule has 27 heavy (non-hydrogen) atoms. The maximum atomic E-state index is 12.2. The van der Waals surface area contributed by atoms with Gasteiger partial charge in [-0.2, -0.15) is 0 Å². The molecular weight excluding hydrogens is 338 g/mol. The zero-order valence-corrected chi connectivity index (χ0v) is 18.3. The average molecular weight is 384 g/mol. The molecule has 3 N–H and O–H groups in total. The highest BCUT2D eigenvalue weighted by Crippen LogP contribution is 2.34. The van der Waals surface area contributed by atoms with Crippen molar-refractivity contribution in [1.82, 2.24) is 5.32 Å². The smallest absolute Gasteiger partial charge is 0.231 e. The van der Waals surface area contributed by atoms with Crippen LogP contribution in [-0.4, -0.2) is 35.4 Å². The molecule has 0 aromatic rings. The first kappa shape index (κ1) is 26.1. The fourth-order valence-corrected chi connectivity index (χ4v) is 3.80. The summed E-state index contributed by atoms with van der Waals surface area (Å²) >= 11 is 0. The van der Waals surface area contributed by atoms with Gasteiger partial charge in [0.05, 0.1) is 12.2 Å². The predicted octanol–water partition coefficient (Wildman–Crippen LogP) is 5.13. The summed E-state index contributed by atoms with van der Waals surface area (Å²) in [4.78, 5) is 12.2. The lowest BCUT2D eigenvalue weighted by Gasteiger charge is -2.37. The van der Waals surface area contributed by atoms with E-state index < -0.39 is 17.6 Å². The van der Waals surface area contributed by atoms with Crippen LogP contribution in [0.15, 0.2) is 12.2 Å². The molecule has 0 saturated carbocycles. The van der Waals surface area contributed by atoms with Crippen molar-refractivity contribution in [3.63, 3.8) is 0 Å². The molecule has 0 radical (unpaired) electrons. The molecule has 4 nitrogen and oxygen atoms in total. The minimum absolute atomic E-state index is 0.273. The summed E-state index contributed by atoms with van der Waals surface area (Å²) in [6.45, 7) is 5.44. The van der Waals surface area contributed by atoms with Crippen LogP contribution in [0.2, 0.25) is 0 Å². The van der Waals surface area contributed by atoms with Gasteiger partial charge in [0, 0.05) is 7.05 Å². The van der Waals surface area contributed by atoms with E-state index in [0.717, 1.165) is 32.1 Å². The molecule has 0 aliphatic carbocycles. The lowest BCUT2D eigenvalue weighted by atomic mass is 9.73. The third kappa shape index (κ3) is 10.3. The molecule has 0 aliphatic rings. The fraction of sp³-hybridized carbons (Fsp3) is 0.870. The molecule has 160 valence electrons. The Morgan fingerprint density at radius 2 is 1.30 bits per heavy atom. The van der Waals surface area contributed by atoms with Gasteiger partial charge in [-0.3, -0.25) is 4.79 Å². The number of carbonyl (C=O) groups excluding carboxylic acids is 1. The molecule has 0 fully saturated rings. The van der Waals surface area contributed by atoms with Gasteiger partial charge in [-0.25, -0.2) is 0 Å². The largest absolute Gasteiger partial charge is 0.392 e. The van der Waals surface area contributed by atoms with Crippen molar-refractivity contribution in [3.8, 4) is 0 Å². The van der Waals surface area contributed by atoms with Crippen molar-refractivity contribution >= 4 is 5.91 Å². The maximum absolute atomic E-state index is 12.2. The summed E-state index contributed by atoms with van der Waals surface area (Å²) < 4.78 is 0. The van der Waals surface area contributed by atoms with Crippen LogP contribution in [0.25, 0.3) is 0 Å². The minimum atomic E-state index is -1.11. The van der Waals surface area contributed by atoms with E-state index in [-0.39, 0.29) is 5.91 Å². The van der Waals surface area contributed by atoms with Crippen LogP contribution in [0.4, 0.5) is 0 Å². The van der Waals surface area contributed by atoms with E-state index in [1.807, 2.05) is 0 Å². The Balaban J connectivity index is 3.88. The van der Waals surface area contributed by atoms with Gasteiger partial charge in [0.15, 0.2) is 0 Å². The molecule has 0 aromatic carbocycles. The second-order valence-electron chi connectivity index (χ2n) is 7.95. The van der Waals surface area contributed by atoms with E-state index in [1.54, 1.807) is 20.9 Å². The molecule has 0 aromatic heterocycles. The number of hydrogen-bond donors (Lipinski definition) is 3. The first-order valence-corrected chi connectivity index (χ1v) is 11.2. The Bertz CT molecular complexity index is 383. The number of aliphatic hydroxyl groups excluding tert-OH is 2. The number of hydrogen-bond acceptors (Lipinski definition) is 3. The summed E-state index contributed by atoms with van der Waals surface area (Å²) in [6, 6.07) is 0. The molecule has 0 heterocycles. The number of rotatable bonds is 17. The molecule has 0 rings (SSSR count). The summed E-state index contributed by atoms with van der Waals surface area (Å²) in [5.74, 6) is -0.273. The predicted molar refractivity (Wildman–Crippen MR) is 115 cm³/mol. The summed E-state index contributed by atoms with van der Waals surface area (Å²) in [5.41, 5.74) is -1.11. The standard InChI is InChI=1S/C23H45NO3/c1-5-6-7-8-9-10-11-12-13-14-15-16-17-18-19-23(20(2)25,21(3)26)22(27)24-4/h12-13,20-21,25-26H,5-11,14-19H2,1-4H3,(H,24,27). The quantitative estimate of drug-likeness (QED) is 0.241. The van der Waals surface area contributed by atoms with Gasteiger partial charge in [0.1, 0.15) is 5.41 Å². The number of nitrogens with one attached hydrogen (secondary N) is 1. The molecule has 0 saturated heterocycles. The maximum Gasteiger partial charge on any atom is 0.231 e. The Hall–Kier alpha value is -0.870. The molecule has 4 heteroatoms. The molecule has 0 bridgehead atoms. The topological polar surface area (TPSA) is 69.6 Å². The van der Waals surface area contributed by atoms with Crippen molar-refractivity contribution in [2.45, 2.75) is 116 Å². The minimum Gasteiger partial charge on any atom is -0.392 e. The number of carbonyl (C=O) groups is 1. The van der Waals surface area contributed by atoms with Crippen molar-refractivity contribution in [2.75, 3.05) is 7.05 Å². The molecule has 0 aliphatic heterocycles. The summed E-state index contributed by atoms with van der Waals surface area (Å²) in [6.07, 6.45) is 17.9. The van der Waals surface area contributed by atoms with E-state index in [9.17, 15) is 15.0 Å². The van der Waals surface area contributed by atoms with Crippen LogP contribution in [0, 0.1) is 5.41 Å². The van der Waals surface area contributed by atoms with E-state index in [1.165, 1.54) is 44.9 Å². The van der Waals surface area contributed by atoms with Crippen molar-refractivity contribution in [3.05, 3.63) is 12.2 Å². The number of unbranched alkanes of at least 4 members (excludes halogenated alkanes) is 10. The third-order valence-electron chi connectivity index (χ3n) is 5.74. The molecule has 0 spiro atoms. The lowest BCUT2D eigenvalue weighted by Crippen LogP contribution is -2.53. The van der Waals surface area contributed by atoms with Gasteiger partial charge < -0.3 is 15.5 Å². The Labute approximate surface area is 167 Å². The normalized spacial score (nSPS) is 16.2. The Morgan fingerprint density at radius 3 is 1.74 bits per heavy atom. The summed E-state index contributed by atoms with van der Waals surface area (Å²) in [5, 5.41) is 22.8. The van der Waals surface area contributed by atoms with Gasteiger partial charge in [-0.05, 0) is 46.0 Å². The number of allylic oxidation sites excluding steroid dienone is 2. The average Bonchev–Trinajstić information content (AvgIpc) is 2.64. The number of aliphatic hydroxyl groups is 2. The van der Waals surface area contributed by atoms with Crippen molar-refractivity contribution in [2.24, 2.45) is 5.41 Å². The van der Waals surface area contributed by atoms with Gasteiger partial charge in [0.2, 0.25) is 5.91 Å². The zero-order chi connectivity index (χ0) is 20.5. The van der Waals surface area contributed by atoms with Crippen molar-refractivity contribution < 1.29 is 15.0 Å². The highest BCUT2D eigenvalue weighted by Gasteiger charge is 2.46. The molecule has 1 amide bonds. The van der Waals surface area contributed by atoms with E-state index in [4.69, 9.17) is 0 Å². The Kier molecular flexibility index (Phi) is 15.6. The van der Waals surface area contributed by atoms with Crippen LogP contribution in [0.5, 0.6) is 0 Å². The van der Waals surface area contributed by atoms with E-state index in [0.29, 0.717) is 6.42 Å². The third-order valence-corrected chi connectivity index (χ3v) is 5.74. The number of amides is 1. The van der Waals surface area contributed by atoms with Crippen LogP contribution in [-0.2, 0) is 4.79 Å². The van der Waals surface area contributed by atoms with Crippen molar-refractivity contribution in [1.29, 1.82) is 0 Å². The second kappa shape index (κ2) is 16.1. The highest BCUT2D eigenvalue weighted by molar-refractivity contribution is 5.83. The Morgan fingerprint density at radius 1 is 0.852 bits per heavy atom. The second-order valence-corrected chi connectivity index (χ2v) is 7.95. The van der Waals surface area contributed by atoms with Crippen LogP contribution >= 0.6 is 0 Å². The SMILES string of the molecule is CCCCCCCCC=CCCCCCCC(C(=O)NC)(C(C)O)C(C)O. The summed E-state index contributed by atoms with van der Waals surface area (Å²) in [7, 11) is 1.55. The zero-order valence-electron chi connectivity index (χ0n) is 18.3. The first-order chi connectivity index (χ1) is 12.9. The fourth-order valence-electron chi connectivity index (χ4n) is 3.80. The molecular formula is C23H45NO3. The van der Waals surface area contributed by atoms with Crippen LogP contribution in [0.1, 0.15) is 104 Å².